The molecule has 19 heavy (non-hydrogen) atoms. The average molecular weight is 287 g/mol. The Morgan fingerprint density at radius 2 is 2.11 bits per heavy atom. The maximum atomic E-state index is 9.70. The Labute approximate surface area is 119 Å². The standard InChI is InChI=1S/C14H21ClN2O2/c15-13-2-3-14(18)12(10-13)11-16-4-1-5-17-6-8-19-9-7-17/h2-3,10,16,18H,1,4-9,11H2/p+2. The first-order valence-corrected chi connectivity index (χ1v) is 7.34. The number of hydrogen-bond acceptors (Lipinski definition) is 2. The molecule has 0 amide bonds. The van der Waals surface area contributed by atoms with Crippen molar-refractivity contribution in [2.45, 2.75) is 13.0 Å². The zero-order chi connectivity index (χ0) is 13.5. The molecule has 0 atom stereocenters. The number of hydrogen-bond donors (Lipinski definition) is 3. The second kappa shape index (κ2) is 7.70. The van der Waals surface area contributed by atoms with Gasteiger partial charge in [0.15, 0.2) is 0 Å². The summed E-state index contributed by atoms with van der Waals surface area (Å²) >= 11 is 5.92. The number of morpholine rings is 1. The van der Waals surface area contributed by atoms with Gasteiger partial charge < -0.3 is 20.1 Å². The molecule has 0 saturated carbocycles. The second-order valence-corrected chi connectivity index (χ2v) is 5.46. The molecule has 1 heterocycles. The average Bonchev–Trinajstić information content (AvgIpc) is 2.43. The van der Waals surface area contributed by atoms with Crippen LogP contribution in [0.2, 0.25) is 5.02 Å². The third-order valence-corrected chi connectivity index (χ3v) is 3.78. The number of aromatic hydroxyl groups is 1. The van der Waals surface area contributed by atoms with Crippen molar-refractivity contribution in [2.75, 3.05) is 39.4 Å². The fourth-order valence-corrected chi connectivity index (χ4v) is 2.58. The summed E-state index contributed by atoms with van der Waals surface area (Å²) in [5.74, 6) is 0.333. The lowest BCUT2D eigenvalue weighted by Crippen LogP contribution is -3.14. The summed E-state index contributed by atoms with van der Waals surface area (Å²) in [4.78, 5) is 1.64. The Balaban J connectivity index is 1.62. The molecule has 0 radical (unpaired) electrons. The molecule has 1 aromatic carbocycles. The lowest BCUT2D eigenvalue weighted by atomic mass is 10.2. The Bertz CT molecular complexity index is 395. The SMILES string of the molecule is Oc1ccc(Cl)cc1C[NH2+]CCC[NH+]1CCOCC1. The highest BCUT2D eigenvalue weighted by Crippen LogP contribution is 2.20. The van der Waals surface area contributed by atoms with Gasteiger partial charge in [-0.3, -0.25) is 0 Å². The largest absolute Gasteiger partial charge is 0.507 e. The molecular weight excluding hydrogens is 264 g/mol. The summed E-state index contributed by atoms with van der Waals surface area (Å²) in [5.41, 5.74) is 0.909. The van der Waals surface area contributed by atoms with E-state index in [1.165, 1.54) is 13.0 Å². The smallest absolute Gasteiger partial charge is 0.124 e. The molecule has 1 aliphatic rings. The Kier molecular flexibility index (Phi) is 5.92. The minimum absolute atomic E-state index is 0.333. The Hall–Kier alpha value is -0.810. The van der Waals surface area contributed by atoms with Crippen molar-refractivity contribution in [2.24, 2.45) is 0 Å². The molecule has 1 fully saturated rings. The van der Waals surface area contributed by atoms with E-state index in [0.29, 0.717) is 10.8 Å². The van der Waals surface area contributed by atoms with E-state index < -0.39 is 0 Å². The van der Waals surface area contributed by atoms with Crippen LogP contribution in [0.15, 0.2) is 18.2 Å². The van der Waals surface area contributed by atoms with Gasteiger partial charge in [0.1, 0.15) is 25.4 Å². The second-order valence-electron chi connectivity index (χ2n) is 5.02. The van der Waals surface area contributed by atoms with Crippen molar-refractivity contribution in [3.63, 3.8) is 0 Å². The van der Waals surface area contributed by atoms with Crippen LogP contribution in [-0.2, 0) is 11.3 Å². The van der Waals surface area contributed by atoms with Crippen LogP contribution >= 0.6 is 11.6 Å². The van der Waals surface area contributed by atoms with E-state index in [0.717, 1.165) is 45.0 Å². The Morgan fingerprint density at radius 1 is 1.32 bits per heavy atom. The van der Waals surface area contributed by atoms with Crippen molar-refractivity contribution in [3.8, 4) is 5.75 Å². The first kappa shape index (κ1) is 14.6. The fourth-order valence-electron chi connectivity index (χ4n) is 2.38. The number of rotatable bonds is 6. The van der Waals surface area contributed by atoms with E-state index in [-0.39, 0.29) is 0 Å². The van der Waals surface area contributed by atoms with Gasteiger partial charge in [-0.05, 0) is 18.2 Å². The van der Waals surface area contributed by atoms with Gasteiger partial charge in [0.2, 0.25) is 0 Å². The van der Waals surface area contributed by atoms with Crippen LogP contribution in [0.5, 0.6) is 5.75 Å². The fraction of sp³-hybridized carbons (Fsp3) is 0.571. The van der Waals surface area contributed by atoms with Crippen molar-refractivity contribution >= 4 is 11.6 Å². The minimum Gasteiger partial charge on any atom is -0.507 e. The van der Waals surface area contributed by atoms with E-state index in [4.69, 9.17) is 16.3 Å². The molecule has 5 heteroatoms. The van der Waals surface area contributed by atoms with Crippen LogP contribution in [0.4, 0.5) is 0 Å². The number of phenolic OH excluding ortho intramolecular Hbond substituents is 1. The third kappa shape index (κ3) is 4.99. The molecule has 2 rings (SSSR count). The molecule has 1 aromatic rings. The van der Waals surface area contributed by atoms with Crippen molar-refractivity contribution in [1.29, 1.82) is 0 Å². The maximum Gasteiger partial charge on any atom is 0.124 e. The van der Waals surface area contributed by atoms with Gasteiger partial charge in [0.25, 0.3) is 0 Å². The predicted octanol–water partition coefficient (Wildman–Crippen LogP) is -0.586. The monoisotopic (exact) mass is 286 g/mol. The van der Waals surface area contributed by atoms with Crippen LogP contribution < -0.4 is 10.2 Å². The molecule has 0 aromatic heterocycles. The molecular formula is C14H23ClN2O2+2. The molecule has 4 nitrogen and oxygen atoms in total. The third-order valence-electron chi connectivity index (χ3n) is 3.54. The van der Waals surface area contributed by atoms with Gasteiger partial charge in [-0.2, -0.15) is 0 Å². The lowest BCUT2D eigenvalue weighted by Gasteiger charge is -2.23. The number of nitrogens with one attached hydrogen (secondary N) is 1. The van der Waals surface area contributed by atoms with E-state index in [1.807, 2.05) is 6.07 Å². The van der Waals surface area contributed by atoms with Crippen molar-refractivity contribution in [1.82, 2.24) is 0 Å². The molecule has 0 bridgehead atoms. The first-order chi connectivity index (χ1) is 9.25. The van der Waals surface area contributed by atoms with E-state index in [2.05, 4.69) is 5.32 Å². The zero-order valence-corrected chi connectivity index (χ0v) is 12.0. The number of halogens is 1. The van der Waals surface area contributed by atoms with Crippen LogP contribution in [0.3, 0.4) is 0 Å². The van der Waals surface area contributed by atoms with Crippen LogP contribution in [0.1, 0.15) is 12.0 Å². The lowest BCUT2D eigenvalue weighted by molar-refractivity contribution is -0.909. The quantitative estimate of drug-likeness (QED) is 0.613. The number of phenols is 1. The number of nitrogens with two attached hydrogens (primary N) is 1. The molecule has 106 valence electrons. The summed E-state index contributed by atoms with van der Waals surface area (Å²) in [6.07, 6.45) is 1.19. The molecule has 0 aliphatic carbocycles. The van der Waals surface area contributed by atoms with Crippen molar-refractivity contribution < 1.29 is 20.1 Å². The molecule has 1 saturated heterocycles. The van der Waals surface area contributed by atoms with E-state index in [1.54, 1.807) is 17.0 Å². The predicted molar refractivity (Wildman–Crippen MR) is 74.6 cm³/mol. The first-order valence-electron chi connectivity index (χ1n) is 6.96. The maximum absolute atomic E-state index is 9.70. The summed E-state index contributed by atoms with van der Waals surface area (Å²) in [6.45, 7) is 7.14. The Morgan fingerprint density at radius 3 is 2.89 bits per heavy atom. The van der Waals surface area contributed by atoms with Crippen LogP contribution in [0.25, 0.3) is 0 Å². The van der Waals surface area contributed by atoms with E-state index >= 15 is 0 Å². The normalized spacial score (nSPS) is 16.7. The summed E-state index contributed by atoms with van der Waals surface area (Å²) in [5, 5.41) is 12.6. The van der Waals surface area contributed by atoms with Gasteiger partial charge in [0, 0.05) is 17.0 Å². The van der Waals surface area contributed by atoms with Gasteiger partial charge in [0.05, 0.1) is 26.3 Å². The van der Waals surface area contributed by atoms with Crippen LogP contribution in [-0.4, -0.2) is 44.5 Å². The molecule has 0 spiro atoms. The van der Waals surface area contributed by atoms with E-state index in [9.17, 15) is 5.11 Å². The highest BCUT2D eigenvalue weighted by molar-refractivity contribution is 6.30. The minimum atomic E-state index is 0.333. The van der Waals surface area contributed by atoms with Gasteiger partial charge in [-0.1, -0.05) is 11.6 Å². The summed E-state index contributed by atoms with van der Waals surface area (Å²) in [6, 6.07) is 5.20. The molecule has 4 N–H and O–H groups in total. The van der Waals surface area contributed by atoms with Gasteiger partial charge in [-0.15, -0.1) is 0 Å². The van der Waals surface area contributed by atoms with Crippen molar-refractivity contribution in [3.05, 3.63) is 28.8 Å². The topological polar surface area (TPSA) is 50.5 Å². The summed E-state index contributed by atoms with van der Waals surface area (Å²) < 4.78 is 5.34. The highest BCUT2D eigenvalue weighted by Gasteiger charge is 2.13. The summed E-state index contributed by atoms with van der Waals surface area (Å²) in [7, 11) is 0. The zero-order valence-electron chi connectivity index (χ0n) is 11.2. The molecule has 1 aliphatic heterocycles. The van der Waals surface area contributed by atoms with Gasteiger partial charge >= 0.3 is 0 Å². The number of quaternary nitrogens is 2. The highest BCUT2D eigenvalue weighted by atomic mass is 35.5. The number of ether oxygens (including phenoxy) is 1. The molecule has 0 unspecified atom stereocenters. The van der Waals surface area contributed by atoms with Crippen LogP contribution in [0, 0.1) is 0 Å². The number of benzene rings is 1. The van der Waals surface area contributed by atoms with Gasteiger partial charge in [-0.25, -0.2) is 0 Å².